The minimum atomic E-state index is -3.14. The van der Waals surface area contributed by atoms with Gasteiger partial charge in [-0.25, -0.2) is 13.4 Å². The van der Waals surface area contributed by atoms with Gasteiger partial charge in [0.15, 0.2) is 16.4 Å². The van der Waals surface area contributed by atoms with Crippen LogP contribution in [0.3, 0.4) is 0 Å². The average Bonchev–Trinajstić information content (AvgIpc) is 3.08. The molecular weight excluding hydrogens is 422 g/mol. The highest BCUT2D eigenvalue weighted by Gasteiger charge is 2.35. The van der Waals surface area contributed by atoms with Crippen molar-refractivity contribution in [3.05, 3.63) is 40.4 Å². The lowest BCUT2D eigenvalue weighted by molar-refractivity contribution is -0.153. The molecule has 168 valence electrons. The second-order valence-electron chi connectivity index (χ2n) is 8.19. The Kier molecular flexibility index (Phi) is 7.09. The van der Waals surface area contributed by atoms with Gasteiger partial charge < -0.3 is 14.6 Å². The standard InChI is InChI=1S/C21H27N3O6S/c1-14(2)11-24(15-9-10-31(28,29)13-15)19(25)12-30-20(26)8-7-18-22-17-6-4-3-5-16(17)21(27)23-18/h3-6,14-15H,7-13H2,1-2H3,(H,22,23,27)/t15-/m1/s1. The van der Waals surface area contributed by atoms with E-state index in [0.29, 0.717) is 29.7 Å². The number of benzene rings is 1. The van der Waals surface area contributed by atoms with Crippen molar-refractivity contribution in [1.29, 1.82) is 0 Å². The van der Waals surface area contributed by atoms with Crippen LogP contribution in [0.4, 0.5) is 0 Å². The Morgan fingerprint density at radius 3 is 2.71 bits per heavy atom. The van der Waals surface area contributed by atoms with Gasteiger partial charge in [0.25, 0.3) is 11.5 Å². The molecule has 1 aliphatic rings. The van der Waals surface area contributed by atoms with E-state index in [1.807, 2.05) is 13.8 Å². The summed E-state index contributed by atoms with van der Waals surface area (Å²) >= 11 is 0. The van der Waals surface area contributed by atoms with Crippen molar-refractivity contribution in [2.75, 3.05) is 24.7 Å². The molecule has 1 aromatic heterocycles. The molecule has 1 atom stereocenters. The maximum absolute atomic E-state index is 12.6. The number of esters is 1. The van der Waals surface area contributed by atoms with Crippen LogP contribution in [-0.2, 0) is 30.6 Å². The van der Waals surface area contributed by atoms with Crippen molar-refractivity contribution in [2.45, 2.75) is 39.2 Å². The topological polar surface area (TPSA) is 126 Å². The highest BCUT2D eigenvalue weighted by molar-refractivity contribution is 7.91. The number of aryl methyl sites for hydroxylation is 1. The van der Waals surface area contributed by atoms with E-state index in [1.165, 1.54) is 4.90 Å². The van der Waals surface area contributed by atoms with Crippen LogP contribution in [0.25, 0.3) is 10.9 Å². The zero-order valence-corrected chi connectivity index (χ0v) is 18.5. The fraction of sp³-hybridized carbons (Fsp3) is 0.524. The molecule has 0 radical (unpaired) electrons. The van der Waals surface area contributed by atoms with Gasteiger partial charge >= 0.3 is 5.97 Å². The summed E-state index contributed by atoms with van der Waals surface area (Å²) in [6, 6.07) is 6.53. The molecule has 1 amide bonds. The summed E-state index contributed by atoms with van der Waals surface area (Å²) in [5.74, 6) is -0.464. The Morgan fingerprint density at radius 1 is 1.29 bits per heavy atom. The normalized spacial score (nSPS) is 17.7. The number of fused-ring (bicyclic) bond motifs is 1. The molecule has 1 aliphatic heterocycles. The summed E-state index contributed by atoms with van der Waals surface area (Å²) in [6.07, 6.45) is 0.524. The van der Waals surface area contributed by atoms with Crippen LogP contribution in [0.15, 0.2) is 29.1 Å². The van der Waals surface area contributed by atoms with E-state index in [1.54, 1.807) is 24.3 Å². The van der Waals surface area contributed by atoms with Gasteiger partial charge in [0.05, 0.1) is 28.8 Å². The van der Waals surface area contributed by atoms with Crippen molar-refractivity contribution in [2.24, 2.45) is 5.92 Å². The monoisotopic (exact) mass is 449 g/mol. The van der Waals surface area contributed by atoms with E-state index >= 15 is 0 Å². The van der Waals surface area contributed by atoms with Gasteiger partial charge in [-0.1, -0.05) is 26.0 Å². The molecule has 0 spiro atoms. The molecule has 1 fully saturated rings. The first-order valence-electron chi connectivity index (χ1n) is 10.3. The van der Waals surface area contributed by atoms with Crippen LogP contribution in [0, 0.1) is 5.92 Å². The van der Waals surface area contributed by atoms with Crippen LogP contribution in [0.5, 0.6) is 0 Å². The van der Waals surface area contributed by atoms with Crippen molar-refractivity contribution in [3.8, 4) is 0 Å². The fourth-order valence-electron chi connectivity index (χ4n) is 3.64. The third-order valence-corrected chi connectivity index (χ3v) is 6.87. The van der Waals surface area contributed by atoms with E-state index in [4.69, 9.17) is 4.74 Å². The van der Waals surface area contributed by atoms with Gasteiger partial charge in [-0.15, -0.1) is 0 Å². The number of carbonyl (C=O) groups is 2. The molecule has 0 unspecified atom stereocenters. The number of carbonyl (C=O) groups excluding carboxylic acids is 2. The first-order chi connectivity index (χ1) is 14.6. The lowest BCUT2D eigenvalue weighted by Crippen LogP contribution is -2.45. The quantitative estimate of drug-likeness (QED) is 0.597. The van der Waals surface area contributed by atoms with Gasteiger partial charge in [0, 0.05) is 19.0 Å². The first-order valence-corrected chi connectivity index (χ1v) is 12.1. The first kappa shape index (κ1) is 22.9. The van der Waals surface area contributed by atoms with Crippen LogP contribution in [0.2, 0.25) is 0 Å². The maximum Gasteiger partial charge on any atom is 0.306 e. The Bertz CT molecular complexity index is 1130. The Balaban J connectivity index is 1.55. The summed E-state index contributed by atoms with van der Waals surface area (Å²) in [6.45, 7) is 3.84. The number of rotatable bonds is 8. The molecule has 10 heteroatoms. The van der Waals surface area contributed by atoms with Crippen LogP contribution in [0.1, 0.15) is 32.5 Å². The number of amides is 1. The van der Waals surface area contributed by atoms with Gasteiger partial charge in [0.1, 0.15) is 5.82 Å². The van der Waals surface area contributed by atoms with E-state index in [2.05, 4.69) is 9.97 Å². The third kappa shape index (κ3) is 6.13. The summed E-state index contributed by atoms with van der Waals surface area (Å²) in [7, 11) is -3.14. The number of aromatic amines is 1. The fourth-order valence-corrected chi connectivity index (χ4v) is 5.37. The zero-order chi connectivity index (χ0) is 22.6. The number of aromatic nitrogens is 2. The summed E-state index contributed by atoms with van der Waals surface area (Å²) < 4.78 is 28.7. The van der Waals surface area contributed by atoms with Gasteiger partial charge in [-0.05, 0) is 24.5 Å². The molecular formula is C21H27N3O6S. The molecule has 0 saturated carbocycles. The van der Waals surface area contributed by atoms with E-state index < -0.39 is 28.3 Å². The molecule has 1 saturated heterocycles. The number of hydrogen-bond acceptors (Lipinski definition) is 7. The zero-order valence-electron chi connectivity index (χ0n) is 17.7. The number of nitrogens with one attached hydrogen (secondary N) is 1. The molecule has 9 nitrogen and oxygen atoms in total. The molecule has 0 bridgehead atoms. The molecule has 0 aliphatic carbocycles. The van der Waals surface area contributed by atoms with E-state index in [9.17, 15) is 22.8 Å². The number of sulfone groups is 1. The number of hydrogen-bond donors (Lipinski definition) is 1. The summed E-state index contributed by atoms with van der Waals surface area (Å²) in [4.78, 5) is 45.4. The highest BCUT2D eigenvalue weighted by atomic mass is 32.2. The molecule has 1 N–H and O–H groups in total. The number of para-hydroxylation sites is 1. The molecule has 2 heterocycles. The number of nitrogens with zero attached hydrogens (tertiary/aromatic N) is 2. The molecule has 2 aromatic rings. The minimum absolute atomic E-state index is 0.0451. The minimum Gasteiger partial charge on any atom is -0.456 e. The number of ether oxygens (including phenoxy) is 1. The van der Waals surface area contributed by atoms with Crippen LogP contribution < -0.4 is 5.56 Å². The van der Waals surface area contributed by atoms with Gasteiger partial charge in [0.2, 0.25) is 0 Å². The second kappa shape index (κ2) is 9.59. The Hall–Kier alpha value is -2.75. The molecule has 3 rings (SSSR count). The van der Waals surface area contributed by atoms with Crippen molar-refractivity contribution in [1.82, 2.24) is 14.9 Å². The third-order valence-electron chi connectivity index (χ3n) is 5.12. The second-order valence-corrected chi connectivity index (χ2v) is 10.4. The molecule has 31 heavy (non-hydrogen) atoms. The van der Waals surface area contributed by atoms with Crippen molar-refractivity contribution >= 4 is 32.6 Å². The Morgan fingerprint density at radius 2 is 2.03 bits per heavy atom. The smallest absolute Gasteiger partial charge is 0.306 e. The number of H-pyrrole nitrogens is 1. The molecule has 1 aromatic carbocycles. The van der Waals surface area contributed by atoms with Crippen molar-refractivity contribution < 1.29 is 22.7 Å². The van der Waals surface area contributed by atoms with Gasteiger partial charge in [-0.2, -0.15) is 0 Å². The lowest BCUT2D eigenvalue weighted by atomic mass is 10.1. The van der Waals surface area contributed by atoms with Gasteiger partial charge in [-0.3, -0.25) is 14.4 Å². The largest absolute Gasteiger partial charge is 0.456 e. The van der Waals surface area contributed by atoms with E-state index in [-0.39, 0.29) is 41.9 Å². The van der Waals surface area contributed by atoms with Crippen LogP contribution >= 0.6 is 0 Å². The lowest BCUT2D eigenvalue weighted by Gasteiger charge is -2.29. The predicted octanol–water partition coefficient (Wildman–Crippen LogP) is 1.07. The summed E-state index contributed by atoms with van der Waals surface area (Å²) in [5.41, 5.74) is 0.264. The summed E-state index contributed by atoms with van der Waals surface area (Å²) in [5, 5.41) is 0.471. The van der Waals surface area contributed by atoms with Crippen molar-refractivity contribution in [3.63, 3.8) is 0 Å². The SMILES string of the molecule is CC(C)CN(C(=O)COC(=O)CCc1nc2ccccc2c(=O)[nH]1)[C@@H]1CCS(=O)(=O)C1. The van der Waals surface area contributed by atoms with E-state index in [0.717, 1.165) is 0 Å². The predicted molar refractivity (Wildman–Crippen MR) is 115 cm³/mol. The Labute approximate surface area is 180 Å². The van der Waals surface area contributed by atoms with Crippen LogP contribution in [-0.4, -0.2) is 65.9 Å². The average molecular weight is 450 g/mol. The highest BCUT2D eigenvalue weighted by Crippen LogP contribution is 2.19. The maximum atomic E-state index is 12.6.